The smallest absolute Gasteiger partial charge is 0.335 e. The molecule has 1 aliphatic rings. The van der Waals surface area contributed by atoms with Gasteiger partial charge in [0.15, 0.2) is 6.61 Å². The number of halogens is 2. The molecule has 1 fully saturated rings. The fourth-order valence-electron chi connectivity index (χ4n) is 3.55. The Kier molecular flexibility index (Phi) is 8.30. The number of benzene rings is 3. The second kappa shape index (κ2) is 11.8. The fourth-order valence-corrected chi connectivity index (χ4v) is 3.85. The Morgan fingerprint density at radius 1 is 0.974 bits per heavy atom. The normalized spacial score (nSPS) is 14.3. The summed E-state index contributed by atoms with van der Waals surface area (Å²) >= 11 is 11.9. The molecule has 1 saturated heterocycles. The van der Waals surface area contributed by atoms with Gasteiger partial charge in [0.25, 0.3) is 17.7 Å². The van der Waals surface area contributed by atoms with Crippen LogP contribution in [0.3, 0.4) is 0 Å². The molecule has 0 atom stereocenters. The molecule has 0 spiro atoms. The van der Waals surface area contributed by atoms with Gasteiger partial charge < -0.3 is 14.8 Å². The van der Waals surface area contributed by atoms with Crippen LogP contribution in [0.15, 0.2) is 72.3 Å². The number of carbonyl (C=O) groups is 4. The number of para-hydroxylation sites is 1. The van der Waals surface area contributed by atoms with Crippen molar-refractivity contribution in [3.8, 4) is 11.5 Å². The number of nitrogens with zero attached hydrogens (tertiary/aromatic N) is 1. The average molecular weight is 554 g/mol. The van der Waals surface area contributed by atoms with Gasteiger partial charge in [-0.1, -0.05) is 41.4 Å². The zero-order chi connectivity index (χ0) is 27.2. The average Bonchev–Trinajstić information content (AvgIpc) is 2.89. The third kappa shape index (κ3) is 6.13. The molecule has 0 aliphatic carbocycles. The number of barbiturate groups is 1. The number of urea groups is 1. The Hall–Kier alpha value is -4.34. The highest BCUT2D eigenvalue weighted by Crippen LogP contribution is 2.27. The molecule has 0 radical (unpaired) electrons. The maximum atomic E-state index is 13.2. The SMILES string of the molecule is CCOc1ccc(N2C(=O)NC(=O)/C(=C\c3ccccc3OCC(=O)Nc3ccc(Cl)c(Cl)c3)C2=O)cc1. The summed E-state index contributed by atoms with van der Waals surface area (Å²) in [5, 5.41) is 5.46. The van der Waals surface area contributed by atoms with E-state index < -0.39 is 23.8 Å². The molecule has 0 unspecified atom stereocenters. The van der Waals surface area contributed by atoms with Crippen molar-refractivity contribution in [1.82, 2.24) is 5.32 Å². The van der Waals surface area contributed by atoms with Crippen LogP contribution >= 0.6 is 23.2 Å². The molecule has 1 aliphatic heterocycles. The van der Waals surface area contributed by atoms with E-state index in [4.69, 9.17) is 32.7 Å². The van der Waals surface area contributed by atoms with Crippen molar-refractivity contribution in [3.05, 3.63) is 87.9 Å². The lowest BCUT2D eigenvalue weighted by atomic mass is 10.1. The number of ether oxygens (including phenoxy) is 2. The Morgan fingerprint density at radius 3 is 2.42 bits per heavy atom. The molecule has 9 nitrogen and oxygen atoms in total. The maximum absolute atomic E-state index is 13.2. The van der Waals surface area contributed by atoms with E-state index in [9.17, 15) is 19.2 Å². The molecule has 3 aromatic rings. The standard InChI is InChI=1S/C27H21Cl2N3O6/c1-2-37-19-10-8-18(9-11-19)32-26(35)20(25(34)31-27(32)36)13-16-5-3-4-6-23(16)38-15-24(33)30-17-7-12-21(28)22(29)14-17/h3-14H,2,15H2,1H3,(H,30,33)(H,31,34,36)/b20-13+. The van der Waals surface area contributed by atoms with Crippen LogP contribution in [-0.2, 0) is 14.4 Å². The number of hydrogen-bond acceptors (Lipinski definition) is 6. The van der Waals surface area contributed by atoms with Gasteiger partial charge in [-0.05, 0) is 61.5 Å². The molecule has 0 bridgehead atoms. The number of nitrogens with one attached hydrogen (secondary N) is 2. The monoisotopic (exact) mass is 553 g/mol. The van der Waals surface area contributed by atoms with Crippen LogP contribution in [-0.4, -0.2) is 37.0 Å². The van der Waals surface area contributed by atoms with Crippen molar-refractivity contribution < 1.29 is 28.7 Å². The summed E-state index contributed by atoms with van der Waals surface area (Å²) in [7, 11) is 0. The van der Waals surface area contributed by atoms with Crippen LogP contribution in [0.4, 0.5) is 16.2 Å². The van der Waals surface area contributed by atoms with Crippen molar-refractivity contribution in [2.45, 2.75) is 6.92 Å². The Balaban J connectivity index is 1.52. The lowest BCUT2D eigenvalue weighted by Gasteiger charge is -2.26. The van der Waals surface area contributed by atoms with Gasteiger partial charge in [-0.15, -0.1) is 0 Å². The van der Waals surface area contributed by atoms with Crippen LogP contribution in [0.2, 0.25) is 10.0 Å². The van der Waals surface area contributed by atoms with Gasteiger partial charge in [0.2, 0.25) is 0 Å². The predicted octanol–water partition coefficient (Wildman–Crippen LogP) is 5.08. The summed E-state index contributed by atoms with van der Waals surface area (Å²) in [5.41, 5.74) is 0.772. The molecular formula is C27H21Cl2N3O6. The van der Waals surface area contributed by atoms with Crippen LogP contribution in [0.5, 0.6) is 11.5 Å². The van der Waals surface area contributed by atoms with Gasteiger partial charge in [0, 0.05) is 11.3 Å². The van der Waals surface area contributed by atoms with Crippen molar-refractivity contribution in [2.75, 3.05) is 23.4 Å². The van der Waals surface area contributed by atoms with Crippen molar-refractivity contribution in [3.63, 3.8) is 0 Å². The minimum absolute atomic E-state index is 0.245. The van der Waals surface area contributed by atoms with E-state index in [0.29, 0.717) is 28.6 Å². The number of carbonyl (C=O) groups excluding carboxylic acids is 4. The summed E-state index contributed by atoms with van der Waals surface area (Å²) in [6, 6.07) is 16.6. The zero-order valence-electron chi connectivity index (χ0n) is 20.0. The van der Waals surface area contributed by atoms with Crippen molar-refractivity contribution in [1.29, 1.82) is 0 Å². The fraction of sp³-hybridized carbons (Fsp3) is 0.111. The molecule has 0 saturated carbocycles. The Bertz CT molecular complexity index is 1440. The minimum atomic E-state index is -0.871. The highest BCUT2D eigenvalue weighted by Gasteiger charge is 2.37. The molecule has 11 heteroatoms. The first-order valence-corrected chi connectivity index (χ1v) is 12.1. The Morgan fingerprint density at radius 2 is 1.71 bits per heavy atom. The van der Waals surface area contributed by atoms with Crippen molar-refractivity contribution in [2.24, 2.45) is 0 Å². The van der Waals surface area contributed by atoms with Crippen molar-refractivity contribution >= 4 is 64.4 Å². The van der Waals surface area contributed by atoms with E-state index >= 15 is 0 Å². The lowest BCUT2D eigenvalue weighted by Crippen LogP contribution is -2.54. The summed E-state index contributed by atoms with van der Waals surface area (Å²) in [6.45, 7) is 1.93. The van der Waals surface area contributed by atoms with Crippen LogP contribution in [0.25, 0.3) is 6.08 Å². The predicted molar refractivity (Wildman–Crippen MR) is 144 cm³/mol. The Labute approximate surface area is 227 Å². The minimum Gasteiger partial charge on any atom is -0.494 e. The number of amides is 5. The van der Waals surface area contributed by atoms with Gasteiger partial charge in [0.1, 0.15) is 17.1 Å². The number of imide groups is 2. The highest BCUT2D eigenvalue weighted by atomic mass is 35.5. The van der Waals surface area contributed by atoms with E-state index in [1.807, 2.05) is 6.92 Å². The van der Waals surface area contributed by atoms with Crippen LogP contribution in [0, 0.1) is 0 Å². The van der Waals surface area contributed by atoms with E-state index in [2.05, 4.69) is 10.6 Å². The van der Waals surface area contributed by atoms with Gasteiger partial charge in [0.05, 0.1) is 22.3 Å². The maximum Gasteiger partial charge on any atom is 0.335 e. The molecule has 1 heterocycles. The third-order valence-corrected chi connectivity index (χ3v) is 6.03. The molecule has 38 heavy (non-hydrogen) atoms. The number of rotatable bonds is 8. The summed E-state index contributed by atoms with van der Waals surface area (Å²) in [6.07, 6.45) is 1.30. The van der Waals surface area contributed by atoms with E-state index in [-0.39, 0.29) is 28.6 Å². The van der Waals surface area contributed by atoms with Gasteiger partial charge in [-0.25, -0.2) is 9.69 Å². The number of hydrogen-bond donors (Lipinski definition) is 2. The van der Waals surface area contributed by atoms with Gasteiger partial charge in [-0.3, -0.25) is 19.7 Å². The second-order valence-corrected chi connectivity index (χ2v) is 8.70. The largest absolute Gasteiger partial charge is 0.494 e. The third-order valence-electron chi connectivity index (χ3n) is 5.29. The molecule has 0 aromatic heterocycles. The second-order valence-electron chi connectivity index (χ2n) is 7.89. The highest BCUT2D eigenvalue weighted by molar-refractivity contribution is 6.42. The molecule has 4 rings (SSSR count). The molecule has 2 N–H and O–H groups in total. The summed E-state index contributed by atoms with van der Waals surface area (Å²) in [5.74, 6) is -1.31. The quantitative estimate of drug-likeness (QED) is 0.297. The van der Waals surface area contributed by atoms with E-state index in [1.54, 1.807) is 60.7 Å². The summed E-state index contributed by atoms with van der Waals surface area (Å²) in [4.78, 5) is 51.5. The first kappa shape index (κ1) is 26.7. The topological polar surface area (TPSA) is 114 Å². The van der Waals surface area contributed by atoms with Gasteiger partial charge in [-0.2, -0.15) is 0 Å². The van der Waals surface area contributed by atoms with Gasteiger partial charge >= 0.3 is 6.03 Å². The molecule has 5 amide bonds. The van der Waals surface area contributed by atoms with Crippen LogP contribution < -0.4 is 25.0 Å². The first-order valence-electron chi connectivity index (χ1n) is 11.4. The molecular weight excluding hydrogens is 533 g/mol. The number of anilines is 2. The lowest BCUT2D eigenvalue weighted by molar-refractivity contribution is -0.122. The molecule has 3 aromatic carbocycles. The van der Waals surface area contributed by atoms with E-state index in [1.165, 1.54) is 12.1 Å². The van der Waals surface area contributed by atoms with Crippen LogP contribution in [0.1, 0.15) is 12.5 Å². The zero-order valence-corrected chi connectivity index (χ0v) is 21.5. The van der Waals surface area contributed by atoms with E-state index in [0.717, 1.165) is 4.90 Å². The summed E-state index contributed by atoms with van der Waals surface area (Å²) < 4.78 is 11.0. The molecule has 194 valence electrons. The first-order chi connectivity index (χ1) is 18.3.